The standard InChI is InChI=1S/C15H14ClNOS/c1-2-10-4-3-5-12(8-10)18-14-7-6-11(15(17)19)9-13(14)16/h3-9H,2H2,1H3,(H2,17,19). The first-order valence-electron chi connectivity index (χ1n) is 5.96. The normalized spacial score (nSPS) is 10.2. The van der Waals surface area contributed by atoms with Crippen LogP contribution in [0, 0.1) is 0 Å². The molecule has 0 aliphatic rings. The van der Waals surface area contributed by atoms with E-state index >= 15 is 0 Å². The Morgan fingerprint density at radius 1 is 1.26 bits per heavy atom. The summed E-state index contributed by atoms with van der Waals surface area (Å²) in [4.78, 5) is 0.321. The van der Waals surface area contributed by atoms with Gasteiger partial charge in [0, 0.05) is 5.56 Å². The van der Waals surface area contributed by atoms with Crippen molar-refractivity contribution in [3.63, 3.8) is 0 Å². The van der Waals surface area contributed by atoms with E-state index in [1.807, 2.05) is 18.2 Å². The Bertz CT molecular complexity index is 613. The molecule has 0 fully saturated rings. The number of hydrogen-bond donors (Lipinski definition) is 1. The van der Waals surface area contributed by atoms with Crippen molar-refractivity contribution >= 4 is 28.8 Å². The van der Waals surface area contributed by atoms with Crippen molar-refractivity contribution in [2.24, 2.45) is 5.73 Å². The first kappa shape index (κ1) is 13.8. The number of ether oxygens (including phenoxy) is 1. The maximum Gasteiger partial charge on any atom is 0.146 e. The second kappa shape index (κ2) is 6.04. The van der Waals surface area contributed by atoms with Crippen LogP contribution in [0.5, 0.6) is 11.5 Å². The summed E-state index contributed by atoms with van der Waals surface area (Å²) in [7, 11) is 0. The van der Waals surface area contributed by atoms with E-state index < -0.39 is 0 Å². The molecule has 0 unspecified atom stereocenters. The van der Waals surface area contributed by atoms with Gasteiger partial charge in [-0.3, -0.25) is 0 Å². The van der Waals surface area contributed by atoms with Crippen molar-refractivity contribution in [2.75, 3.05) is 0 Å². The highest BCUT2D eigenvalue weighted by molar-refractivity contribution is 7.80. The summed E-state index contributed by atoms with van der Waals surface area (Å²) >= 11 is 11.1. The predicted molar refractivity (Wildman–Crippen MR) is 83.2 cm³/mol. The lowest BCUT2D eigenvalue weighted by molar-refractivity contribution is 0.482. The van der Waals surface area contributed by atoms with Gasteiger partial charge in [-0.1, -0.05) is 42.9 Å². The summed E-state index contributed by atoms with van der Waals surface area (Å²) in [6, 6.07) is 13.2. The second-order valence-electron chi connectivity index (χ2n) is 4.11. The molecule has 0 amide bonds. The molecule has 19 heavy (non-hydrogen) atoms. The molecule has 0 aromatic heterocycles. The minimum atomic E-state index is 0.321. The molecule has 2 rings (SSSR count). The van der Waals surface area contributed by atoms with Crippen LogP contribution < -0.4 is 10.5 Å². The Morgan fingerprint density at radius 3 is 2.68 bits per heavy atom. The zero-order valence-corrected chi connectivity index (χ0v) is 12.1. The highest BCUT2D eigenvalue weighted by atomic mass is 35.5. The van der Waals surface area contributed by atoms with E-state index in [-0.39, 0.29) is 0 Å². The van der Waals surface area contributed by atoms with Gasteiger partial charge in [-0.25, -0.2) is 0 Å². The Balaban J connectivity index is 2.25. The van der Waals surface area contributed by atoms with Gasteiger partial charge in [0.15, 0.2) is 0 Å². The van der Waals surface area contributed by atoms with Crippen LogP contribution in [0.15, 0.2) is 42.5 Å². The van der Waals surface area contributed by atoms with Gasteiger partial charge in [0.05, 0.1) is 5.02 Å². The molecule has 98 valence electrons. The Kier molecular flexibility index (Phi) is 4.40. The van der Waals surface area contributed by atoms with E-state index in [1.165, 1.54) is 5.56 Å². The van der Waals surface area contributed by atoms with Crippen molar-refractivity contribution < 1.29 is 4.74 Å². The van der Waals surface area contributed by atoms with Gasteiger partial charge in [-0.15, -0.1) is 0 Å². The van der Waals surface area contributed by atoms with E-state index in [4.69, 9.17) is 34.3 Å². The van der Waals surface area contributed by atoms with Gasteiger partial charge in [0.25, 0.3) is 0 Å². The molecule has 0 spiro atoms. The lowest BCUT2D eigenvalue weighted by Crippen LogP contribution is -2.08. The molecular formula is C15H14ClNOS. The summed E-state index contributed by atoms with van der Waals surface area (Å²) in [6.07, 6.45) is 0.964. The van der Waals surface area contributed by atoms with Crippen molar-refractivity contribution in [2.45, 2.75) is 13.3 Å². The fraction of sp³-hybridized carbons (Fsp3) is 0.133. The van der Waals surface area contributed by atoms with Crippen LogP contribution in [-0.2, 0) is 6.42 Å². The van der Waals surface area contributed by atoms with Crippen LogP contribution in [-0.4, -0.2) is 4.99 Å². The second-order valence-corrected chi connectivity index (χ2v) is 4.96. The zero-order valence-electron chi connectivity index (χ0n) is 10.5. The van der Waals surface area contributed by atoms with Crippen LogP contribution in [0.3, 0.4) is 0 Å². The van der Waals surface area contributed by atoms with Gasteiger partial charge in [0.1, 0.15) is 16.5 Å². The van der Waals surface area contributed by atoms with E-state index in [2.05, 4.69) is 13.0 Å². The Hall–Kier alpha value is -1.58. The largest absolute Gasteiger partial charge is 0.456 e. The number of aryl methyl sites for hydroxylation is 1. The fourth-order valence-corrected chi connectivity index (χ4v) is 2.04. The first-order chi connectivity index (χ1) is 9.10. The number of hydrogen-bond acceptors (Lipinski definition) is 2. The zero-order chi connectivity index (χ0) is 13.8. The molecule has 0 heterocycles. The average Bonchev–Trinajstić information content (AvgIpc) is 2.41. The Labute approximate surface area is 123 Å². The highest BCUT2D eigenvalue weighted by Gasteiger charge is 2.06. The van der Waals surface area contributed by atoms with Crippen LogP contribution in [0.2, 0.25) is 5.02 Å². The number of nitrogens with two attached hydrogens (primary N) is 1. The molecule has 0 aliphatic heterocycles. The lowest BCUT2D eigenvalue weighted by Gasteiger charge is -2.09. The van der Waals surface area contributed by atoms with E-state index in [0.29, 0.717) is 15.8 Å². The van der Waals surface area contributed by atoms with E-state index in [0.717, 1.165) is 17.7 Å². The van der Waals surface area contributed by atoms with Crippen molar-refractivity contribution in [3.8, 4) is 11.5 Å². The molecule has 2 nitrogen and oxygen atoms in total. The van der Waals surface area contributed by atoms with Crippen LogP contribution in [0.1, 0.15) is 18.1 Å². The van der Waals surface area contributed by atoms with Crippen LogP contribution in [0.4, 0.5) is 0 Å². The molecule has 4 heteroatoms. The van der Waals surface area contributed by atoms with Gasteiger partial charge in [-0.05, 0) is 42.3 Å². The topological polar surface area (TPSA) is 35.2 Å². The van der Waals surface area contributed by atoms with Gasteiger partial charge in [-0.2, -0.15) is 0 Å². The predicted octanol–water partition coefficient (Wildman–Crippen LogP) is 4.33. The van der Waals surface area contributed by atoms with Crippen molar-refractivity contribution in [3.05, 3.63) is 58.6 Å². The minimum Gasteiger partial charge on any atom is -0.456 e. The monoisotopic (exact) mass is 291 g/mol. The molecule has 2 N–H and O–H groups in total. The lowest BCUT2D eigenvalue weighted by atomic mass is 10.1. The third kappa shape index (κ3) is 3.46. The van der Waals surface area contributed by atoms with Crippen LogP contribution in [0.25, 0.3) is 0 Å². The molecule has 0 aliphatic carbocycles. The number of thiocarbonyl (C=S) groups is 1. The summed E-state index contributed by atoms with van der Waals surface area (Å²) in [5.74, 6) is 1.36. The van der Waals surface area contributed by atoms with Gasteiger partial charge < -0.3 is 10.5 Å². The SMILES string of the molecule is CCc1cccc(Oc2ccc(C(N)=S)cc2Cl)c1. The number of rotatable bonds is 4. The maximum atomic E-state index is 6.16. The third-order valence-corrected chi connectivity index (χ3v) is 3.28. The smallest absolute Gasteiger partial charge is 0.146 e. The van der Waals surface area contributed by atoms with Crippen molar-refractivity contribution in [1.29, 1.82) is 0 Å². The molecule has 0 atom stereocenters. The number of benzene rings is 2. The third-order valence-electron chi connectivity index (χ3n) is 2.75. The summed E-state index contributed by atoms with van der Waals surface area (Å²) in [5.41, 5.74) is 7.50. The molecule has 0 saturated heterocycles. The molecule has 2 aromatic rings. The van der Waals surface area contributed by atoms with E-state index in [9.17, 15) is 0 Å². The molecule has 2 aromatic carbocycles. The van der Waals surface area contributed by atoms with E-state index in [1.54, 1.807) is 18.2 Å². The summed E-state index contributed by atoms with van der Waals surface area (Å²) in [6.45, 7) is 2.10. The summed E-state index contributed by atoms with van der Waals surface area (Å²) in [5, 5.41) is 0.493. The quantitative estimate of drug-likeness (QED) is 0.852. The maximum absolute atomic E-state index is 6.16. The van der Waals surface area contributed by atoms with Gasteiger partial charge >= 0.3 is 0 Å². The summed E-state index contributed by atoms with van der Waals surface area (Å²) < 4.78 is 5.77. The molecule has 0 bridgehead atoms. The number of halogens is 1. The Morgan fingerprint density at radius 2 is 2.05 bits per heavy atom. The van der Waals surface area contributed by atoms with Gasteiger partial charge in [0.2, 0.25) is 0 Å². The molecular weight excluding hydrogens is 278 g/mol. The highest BCUT2D eigenvalue weighted by Crippen LogP contribution is 2.30. The minimum absolute atomic E-state index is 0.321. The first-order valence-corrected chi connectivity index (χ1v) is 6.75. The fourth-order valence-electron chi connectivity index (χ4n) is 1.69. The average molecular weight is 292 g/mol. The van der Waals surface area contributed by atoms with Crippen LogP contribution >= 0.6 is 23.8 Å². The van der Waals surface area contributed by atoms with Crippen molar-refractivity contribution in [1.82, 2.24) is 0 Å². The molecule has 0 saturated carbocycles. The molecule has 0 radical (unpaired) electrons.